The largest absolute Gasteiger partial charge is 0.378 e. The van der Waals surface area contributed by atoms with Gasteiger partial charge in [0.2, 0.25) is 0 Å². The zero-order chi connectivity index (χ0) is 14.2. The molecule has 1 aromatic carbocycles. The summed E-state index contributed by atoms with van der Waals surface area (Å²) >= 11 is 0. The molecule has 1 heterocycles. The van der Waals surface area contributed by atoms with Gasteiger partial charge in [0.1, 0.15) is 0 Å². The molecular weight excluding hydrogens is 246 g/mol. The molecule has 0 bridgehead atoms. The molecule has 2 atom stereocenters. The minimum Gasteiger partial charge on any atom is -0.378 e. The second kappa shape index (κ2) is 8.43. The van der Waals surface area contributed by atoms with Crippen LogP contribution in [-0.4, -0.2) is 25.3 Å². The SMILES string of the molecule is CCNC(Cc1ccc(CC)cc1)CC1CCCCO1. The average molecular weight is 275 g/mol. The molecule has 1 aliphatic rings. The zero-order valence-electron chi connectivity index (χ0n) is 13.0. The van der Waals surface area contributed by atoms with E-state index in [2.05, 4.69) is 43.4 Å². The van der Waals surface area contributed by atoms with E-state index in [0.717, 1.165) is 32.4 Å². The molecule has 0 aromatic heterocycles. The van der Waals surface area contributed by atoms with Crippen molar-refractivity contribution in [2.24, 2.45) is 0 Å². The summed E-state index contributed by atoms with van der Waals surface area (Å²) in [5, 5.41) is 3.63. The number of aryl methyl sites for hydroxylation is 1. The number of ether oxygens (including phenoxy) is 1. The molecule has 1 fully saturated rings. The van der Waals surface area contributed by atoms with Gasteiger partial charge in [0.15, 0.2) is 0 Å². The van der Waals surface area contributed by atoms with Crippen LogP contribution in [-0.2, 0) is 17.6 Å². The Morgan fingerprint density at radius 3 is 2.50 bits per heavy atom. The minimum absolute atomic E-state index is 0.461. The molecule has 1 aromatic rings. The first kappa shape index (κ1) is 15.5. The smallest absolute Gasteiger partial charge is 0.0590 e. The van der Waals surface area contributed by atoms with Gasteiger partial charge in [-0.3, -0.25) is 0 Å². The minimum atomic E-state index is 0.461. The first-order chi connectivity index (χ1) is 9.81. The fraction of sp³-hybridized carbons (Fsp3) is 0.667. The van der Waals surface area contributed by atoms with Gasteiger partial charge < -0.3 is 10.1 Å². The lowest BCUT2D eigenvalue weighted by Gasteiger charge is -2.27. The molecule has 1 saturated heterocycles. The van der Waals surface area contributed by atoms with Crippen LogP contribution < -0.4 is 5.32 Å². The molecule has 20 heavy (non-hydrogen) atoms. The van der Waals surface area contributed by atoms with Crippen molar-refractivity contribution in [3.63, 3.8) is 0 Å². The van der Waals surface area contributed by atoms with Crippen molar-refractivity contribution in [2.75, 3.05) is 13.2 Å². The fourth-order valence-electron chi connectivity index (χ4n) is 3.03. The van der Waals surface area contributed by atoms with Crippen molar-refractivity contribution in [2.45, 2.75) is 64.5 Å². The Hall–Kier alpha value is -0.860. The van der Waals surface area contributed by atoms with E-state index in [-0.39, 0.29) is 0 Å². The zero-order valence-corrected chi connectivity index (χ0v) is 13.0. The maximum Gasteiger partial charge on any atom is 0.0590 e. The predicted octanol–water partition coefficient (Wildman–Crippen LogP) is 3.73. The second-order valence-electron chi connectivity index (χ2n) is 5.85. The van der Waals surface area contributed by atoms with Crippen LogP contribution in [0.15, 0.2) is 24.3 Å². The molecular formula is C18H29NO. The van der Waals surface area contributed by atoms with Crippen molar-refractivity contribution >= 4 is 0 Å². The lowest BCUT2D eigenvalue weighted by atomic mass is 9.96. The highest BCUT2D eigenvalue weighted by molar-refractivity contribution is 5.23. The summed E-state index contributed by atoms with van der Waals surface area (Å²) in [7, 11) is 0. The van der Waals surface area contributed by atoms with Gasteiger partial charge in [-0.25, -0.2) is 0 Å². The summed E-state index contributed by atoms with van der Waals surface area (Å²) in [6.07, 6.45) is 7.63. The number of benzene rings is 1. The van der Waals surface area contributed by atoms with Gasteiger partial charge in [-0.05, 0) is 56.2 Å². The average Bonchev–Trinajstić information content (AvgIpc) is 2.49. The van der Waals surface area contributed by atoms with E-state index in [4.69, 9.17) is 4.74 Å². The number of hydrogen-bond donors (Lipinski definition) is 1. The van der Waals surface area contributed by atoms with Crippen molar-refractivity contribution in [1.82, 2.24) is 5.32 Å². The number of hydrogen-bond acceptors (Lipinski definition) is 2. The standard InChI is InChI=1S/C18H29NO/c1-3-15-8-10-16(11-9-15)13-17(19-4-2)14-18-7-5-6-12-20-18/h8-11,17-19H,3-7,12-14H2,1-2H3. The van der Waals surface area contributed by atoms with Gasteiger partial charge in [0, 0.05) is 12.6 Å². The first-order valence-corrected chi connectivity index (χ1v) is 8.24. The van der Waals surface area contributed by atoms with Crippen molar-refractivity contribution in [3.05, 3.63) is 35.4 Å². The predicted molar refractivity (Wildman–Crippen MR) is 85.2 cm³/mol. The first-order valence-electron chi connectivity index (χ1n) is 8.24. The van der Waals surface area contributed by atoms with Gasteiger partial charge in [-0.15, -0.1) is 0 Å². The van der Waals surface area contributed by atoms with Gasteiger partial charge in [-0.1, -0.05) is 38.1 Å². The van der Waals surface area contributed by atoms with E-state index in [1.807, 2.05) is 0 Å². The molecule has 2 heteroatoms. The van der Waals surface area contributed by atoms with E-state index >= 15 is 0 Å². The molecule has 0 saturated carbocycles. The van der Waals surface area contributed by atoms with Crippen molar-refractivity contribution in [3.8, 4) is 0 Å². The molecule has 112 valence electrons. The number of likely N-dealkylation sites (N-methyl/N-ethyl adjacent to an activating group) is 1. The van der Waals surface area contributed by atoms with E-state index in [9.17, 15) is 0 Å². The van der Waals surface area contributed by atoms with E-state index in [1.54, 1.807) is 0 Å². The highest BCUT2D eigenvalue weighted by Crippen LogP contribution is 2.19. The van der Waals surface area contributed by atoms with Crippen LogP contribution in [0.1, 0.15) is 50.7 Å². The van der Waals surface area contributed by atoms with Gasteiger partial charge in [0.25, 0.3) is 0 Å². The topological polar surface area (TPSA) is 21.3 Å². The molecule has 1 aliphatic heterocycles. The quantitative estimate of drug-likeness (QED) is 0.818. The Kier molecular flexibility index (Phi) is 6.55. The Bertz CT molecular complexity index is 368. The molecule has 0 aliphatic carbocycles. The maximum absolute atomic E-state index is 5.89. The van der Waals surface area contributed by atoms with Crippen LogP contribution in [0.3, 0.4) is 0 Å². The van der Waals surface area contributed by atoms with Crippen molar-refractivity contribution < 1.29 is 4.74 Å². The summed E-state index contributed by atoms with van der Waals surface area (Å²) in [6.45, 7) is 6.38. The molecule has 2 rings (SSSR count). The molecule has 0 spiro atoms. The highest BCUT2D eigenvalue weighted by Gasteiger charge is 2.19. The Morgan fingerprint density at radius 2 is 1.90 bits per heavy atom. The van der Waals surface area contributed by atoms with Gasteiger partial charge >= 0.3 is 0 Å². The Labute approximate surface area is 123 Å². The summed E-state index contributed by atoms with van der Waals surface area (Å²) in [5.41, 5.74) is 2.85. The highest BCUT2D eigenvalue weighted by atomic mass is 16.5. The second-order valence-corrected chi connectivity index (χ2v) is 5.85. The Balaban J connectivity index is 1.89. The summed E-state index contributed by atoms with van der Waals surface area (Å²) < 4.78 is 5.89. The summed E-state index contributed by atoms with van der Waals surface area (Å²) in [6, 6.07) is 9.62. The fourth-order valence-corrected chi connectivity index (χ4v) is 3.03. The van der Waals surface area contributed by atoms with Crippen LogP contribution in [0.2, 0.25) is 0 Å². The van der Waals surface area contributed by atoms with Crippen molar-refractivity contribution in [1.29, 1.82) is 0 Å². The molecule has 2 unspecified atom stereocenters. The lowest BCUT2D eigenvalue weighted by molar-refractivity contribution is 0.00535. The van der Waals surface area contributed by atoms with Crippen LogP contribution in [0, 0.1) is 0 Å². The Morgan fingerprint density at radius 1 is 1.15 bits per heavy atom. The molecule has 1 N–H and O–H groups in total. The van der Waals surface area contributed by atoms with E-state index in [0.29, 0.717) is 12.1 Å². The number of rotatable bonds is 7. The van der Waals surface area contributed by atoms with Gasteiger partial charge in [-0.2, -0.15) is 0 Å². The summed E-state index contributed by atoms with van der Waals surface area (Å²) in [5.74, 6) is 0. The summed E-state index contributed by atoms with van der Waals surface area (Å²) in [4.78, 5) is 0. The molecule has 0 amide bonds. The third kappa shape index (κ3) is 4.92. The molecule has 0 radical (unpaired) electrons. The third-order valence-corrected chi connectivity index (χ3v) is 4.23. The lowest BCUT2D eigenvalue weighted by Crippen LogP contribution is -2.36. The van der Waals surface area contributed by atoms with Crippen LogP contribution >= 0.6 is 0 Å². The van der Waals surface area contributed by atoms with Crippen LogP contribution in [0.25, 0.3) is 0 Å². The van der Waals surface area contributed by atoms with E-state index in [1.165, 1.54) is 30.4 Å². The molecule has 2 nitrogen and oxygen atoms in total. The number of nitrogens with one attached hydrogen (secondary N) is 1. The van der Waals surface area contributed by atoms with Crippen LogP contribution in [0.4, 0.5) is 0 Å². The maximum atomic E-state index is 5.89. The third-order valence-electron chi connectivity index (χ3n) is 4.23. The van der Waals surface area contributed by atoms with E-state index < -0.39 is 0 Å². The van der Waals surface area contributed by atoms with Crippen LogP contribution in [0.5, 0.6) is 0 Å². The van der Waals surface area contributed by atoms with Gasteiger partial charge in [0.05, 0.1) is 6.10 Å². The monoisotopic (exact) mass is 275 g/mol. The normalized spacial score (nSPS) is 20.8.